The van der Waals surface area contributed by atoms with Gasteiger partial charge in [0.25, 0.3) is 0 Å². The summed E-state index contributed by atoms with van der Waals surface area (Å²) in [4.78, 5) is 0. The number of hydrogen-bond acceptors (Lipinski definition) is 3. The zero-order valence-corrected chi connectivity index (χ0v) is 11.8. The van der Waals surface area contributed by atoms with E-state index in [1.54, 1.807) is 0 Å². The van der Waals surface area contributed by atoms with Gasteiger partial charge in [0, 0.05) is 19.1 Å². The number of hydrogen-bond donors (Lipinski definition) is 1. The third-order valence-corrected chi connectivity index (χ3v) is 7.31. The minimum atomic E-state index is -3.06. The van der Waals surface area contributed by atoms with Crippen LogP contribution < -0.4 is 5.32 Å². The molecule has 0 spiro atoms. The van der Waals surface area contributed by atoms with E-state index in [4.69, 9.17) is 0 Å². The van der Waals surface area contributed by atoms with Crippen LogP contribution in [-0.2, 0) is 10.0 Å². The second kappa shape index (κ2) is 5.10. The molecule has 0 bridgehead atoms. The molecule has 2 saturated heterocycles. The summed E-state index contributed by atoms with van der Waals surface area (Å²) in [6.45, 7) is 2.27. The van der Waals surface area contributed by atoms with Crippen molar-refractivity contribution in [2.75, 3.05) is 19.6 Å². The monoisotopic (exact) mass is 272 g/mol. The van der Waals surface area contributed by atoms with Gasteiger partial charge in [-0.25, -0.2) is 8.42 Å². The molecule has 0 radical (unpaired) electrons. The Hall–Kier alpha value is -0.130. The van der Waals surface area contributed by atoms with Crippen LogP contribution in [0.15, 0.2) is 0 Å². The van der Waals surface area contributed by atoms with Gasteiger partial charge in [0.15, 0.2) is 0 Å². The van der Waals surface area contributed by atoms with Crippen LogP contribution in [0.1, 0.15) is 44.9 Å². The van der Waals surface area contributed by atoms with Gasteiger partial charge >= 0.3 is 0 Å². The molecule has 3 aliphatic rings. The fourth-order valence-electron chi connectivity index (χ4n) is 3.97. The van der Waals surface area contributed by atoms with E-state index in [2.05, 4.69) is 5.32 Å². The third kappa shape index (κ3) is 2.21. The normalized spacial score (nSPS) is 38.6. The van der Waals surface area contributed by atoms with Crippen LogP contribution >= 0.6 is 0 Å². The highest BCUT2D eigenvalue weighted by Crippen LogP contribution is 2.37. The van der Waals surface area contributed by atoms with E-state index in [9.17, 15) is 8.42 Å². The molecule has 5 heteroatoms. The Kier molecular flexibility index (Phi) is 3.65. The molecule has 1 N–H and O–H groups in total. The van der Waals surface area contributed by atoms with Crippen LogP contribution in [0.3, 0.4) is 0 Å². The molecular formula is C13H24N2O2S. The number of nitrogens with zero attached hydrogens (tertiary/aromatic N) is 1. The molecule has 2 aliphatic heterocycles. The Morgan fingerprint density at radius 3 is 2.56 bits per heavy atom. The maximum Gasteiger partial charge on any atom is 0.218 e. The Balaban J connectivity index is 1.80. The van der Waals surface area contributed by atoms with Crippen molar-refractivity contribution in [1.82, 2.24) is 9.62 Å². The molecule has 0 amide bonds. The first-order valence-electron chi connectivity index (χ1n) is 7.41. The molecule has 0 aromatic rings. The van der Waals surface area contributed by atoms with E-state index in [-0.39, 0.29) is 5.25 Å². The lowest BCUT2D eigenvalue weighted by atomic mass is 9.79. The third-order valence-electron chi connectivity index (χ3n) is 4.96. The van der Waals surface area contributed by atoms with E-state index >= 15 is 0 Å². The predicted octanol–water partition coefficient (Wildman–Crippen LogP) is 1.33. The topological polar surface area (TPSA) is 49.4 Å². The molecule has 3 atom stereocenters. The highest BCUT2D eigenvalue weighted by Gasteiger charge is 2.42. The van der Waals surface area contributed by atoms with Gasteiger partial charge in [0.05, 0.1) is 5.25 Å². The van der Waals surface area contributed by atoms with Crippen LogP contribution in [0.5, 0.6) is 0 Å². The molecule has 3 rings (SSSR count). The zero-order valence-electron chi connectivity index (χ0n) is 11.0. The first-order chi connectivity index (χ1) is 8.69. The Morgan fingerprint density at radius 2 is 1.78 bits per heavy atom. The molecule has 1 aliphatic carbocycles. The summed E-state index contributed by atoms with van der Waals surface area (Å²) in [5.74, 6) is 0.636. The quantitative estimate of drug-likeness (QED) is 0.825. The van der Waals surface area contributed by atoms with Gasteiger partial charge in [-0.2, -0.15) is 4.31 Å². The summed E-state index contributed by atoms with van der Waals surface area (Å²) in [6.07, 6.45) is 7.90. The number of piperidine rings is 1. The van der Waals surface area contributed by atoms with Crippen molar-refractivity contribution in [3.8, 4) is 0 Å². The molecule has 3 fully saturated rings. The van der Waals surface area contributed by atoms with Crippen molar-refractivity contribution < 1.29 is 8.42 Å². The number of fused-ring (bicyclic) bond motifs is 1. The van der Waals surface area contributed by atoms with Crippen molar-refractivity contribution in [3.05, 3.63) is 0 Å². The molecule has 4 nitrogen and oxygen atoms in total. The van der Waals surface area contributed by atoms with E-state index in [0.717, 1.165) is 32.4 Å². The smallest absolute Gasteiger partial charge is 0.218 e. The highest BCUT2D eigenvalue weighted by atomic mass is 32.2. The van der Waals surface area contributed by atoms with Crippen LogP contribution in [0.25, 0.3) is 0 Å². The van der Waals surface area contributed by atoms with Crippen molar-refractivity contribution >= 4 is 10.0 Å². The molecular weight excluding hydrogens is 248 g/mol. The average Bonchev–Trinajstić information content (AvgIpc) is 2.92. The summed E-state index contributed by atoms with van der Waals surface area (Å²) in [7, 11) is -3.06. The predicted molar refractivity (Wildman–Crippen MR) is 71.9 cm³/mol. The molecule has 104 valence electrons. The van der Waals surface area contributed by atoms with Crippen molar-refractivity contribution in [2.45, 2.75) is 56.2 Å². The molecule has 3 unspecified atom stereocenters. The van der Waals surface area contributed by atoms with E-state index < -0.39 is 10.0 Å². The summed E-state index contributed by atoms with van der Waals surface area (Å²) in [5.41, 5.74) is 0. The highest BCUT2D eigenvalue weighted by molar-refractivity contribution is 7.89. The van der Waals surface area contributed by atoms with Crippen molar-refractivity contribution in [1.29, 1.82) is 0 Å². The second-order valence-electron chi connectivity index (χ2n) is 6.02. The summed E-state index contributed by atoms with van der Waals surface area (Å²) >= 11 is 0. The lowest BCUT2D eigenvalue weighted by molar-refractivity contribution is 0.128. The zero-order chi connectivity index (χ0) is 12.6. The summed E-state index contributed by atoms with van der Waals surface area (Å²) in [6, 6.07) is 0.318. The molecule has 18 heavy (non-hydrogen) atoms. The lowest BCUT2D eigenvalue weighted by Crippen LogP contribution is -2.52. The van der Waals surface area contributed by atoms with Crippen LogP contribution in [0.4, 0.5) is 0 Å². The molecule has 1 saturated carbocycles. The van der Waals surface area contributed by atoms with Gasteiger partial charge < -0.3 is 5.32 Å². The van der Waals surface area contributed by atoms with Gasteiger partial charge in [0.1, 0.15) is 0 Å². The van der Waals surface area contributed by atoms with Crippen LogP contribution in [0.2, 0.25) is 0 Å². The number of rotatable bonds is 2. The van der Waals surface area contributed by atoms with Crippen LogP contribution in [0, 0.1) is 5.92 Å². The summed E-state index contributed by atoms with van der Waals surface area (Å²) in [5, 5.41) is 3.02. The van der Waals surface area contributed by atoms with Crippen LogP contribution in [-0.4, -0.2) is 43.6 Å². The van der Waals surface area contributed by atoms with Crippen molar-refractivity contribution in [2.24, 2.45) is 5.92 Å². The Bertz CT molecular complexity index is 388. The van der Waals surface area contributed by atoms with Gasteiger partial charge in [-0.3, -0.25) is 0 Å². The van der Waals surface area contributed by atoms with E-state index in [0.29, 0.717) is 18.5 Å². The molecule has 0 aromatic heterocycles. The SMILES string of the molecule is O=S(=O)(C1CCNC1)N1CCCC2CCCCC21. The fraction of sp³-hybridized carbons (Fsp3) is 1.00. The number of sulfonamides is 1. The van der Waals surface area contributed by atoms with Crippen molar-refractivity contribution in [3.63, 3.8) is 0 Å². The van der Waals surface area contributed by atoms with Gasteiger partial charge in [-0.1, -0.05) is 12.8 Å². The molecule has 2 heterocycles. The first-order valence-corrected chi connectivity index (χ1v) is 8.91. The van der Waals surface area contributed by atoms with E-state index in [1.165, 1.54) is 25.7 Å². The minimum Gasteiger partial charge on any atom is -0.315 e. The maximum atomic E-state index is 12.7. The second-order valence-corrected chi connectivity index (χ2v) is 8.19. The average molecular weight is 272 g/mol. The van der Waals surface area contributed by atoms with E-state index in [1.807, 2.05) is 4.31 Å². The lowest BCUT2D eigenvalue weighted by Gasteiger charge is -2.44. The molecule has 0 aromatic carbocycles. The standard InChI is InChI=1S/C13H24N2O2S/c16-18(17,12-7-8-14-10-12)15-9-3-5-11-4-1-2-6-13(11)15/h11-14H,1-10H2. The fourth-order valence-corrected chi connectivity index (χ4v) is 6.13. The Labute approximate surface area is 110 Å². The first kappa shape index (κ1) is 12.9. The largest absolute Gasteiger partial charge is 0.315 e. The number of nitrogens with one attached hydrogen (secondary N) is 1. The van der Waals surface area contributed by atoms with Gasteiger partial charge in [0.2, 0.25) is 10.0 Å². The maximum absolute atomic E-state index is 12.7. The summed E-state index contributed by atoms with van der Waals surface area (Å²) < 4.78 is 27.3. The Morgan fingerprint density at radius 1 is 1.00 bits per heavy atom. The van der Waals surface area contributed by atoms with Gasteiger partial charge in [-0.15, -0.1) is 0 Å². The van der Waals surface area contributed by atoms with Gasteiger partial charge in [-0.05, 0) is 44.6 Å². The minimum absolute atomic E-state index is 0.168.